The molecule has 2 aromatic rings. The number of aryl methyl sites for hydroxylation is 2. The van der Waals surface area contributed by atoms with E-state index in [0.717, 1.165) is 0 Å². The summed E-state index contributed by atoms with van der Waals surface area (Å²) in [5.74, 6) is 0.443. The molecule has 0 saturated carbocycles. The van der Waals surface area contributed by atoms with Crippen molar-refractivity contribution in [3.05, 3.63) is 41.6 Å². The van der Waals surface area contributed by atoms with Gasteiger partial charge in [0.1, 0.15) is 23.0 Å². The number of anilines is 1. The van der Waals surface area contributed by atoms with E-state index in [9.17, 15) is 8.42 Å². The largest absolute Gasteiger partial charge is 0.462 e. The molecule has 0 amide bonds. The van der Waals surface area contributed by atoms with Crippen molar-refractivity contribution in [1.82, 2.24) is 4.98 Å². The van der Waals surface area contributed by atoms with Crippen LogP contribution >= 0.6 is 0 Å². The minimum Gasteiger partial charge on any atom is -0.462 e. The Kier molecular flexibility index (Phi) is 3.59. The summed E-state index contributed by atoms with van der Waals surface area (Å²) in [5.41, 5.74) is 0.989. The average molecular weight is 282 g/mol. The summed E-state index contributed by atoms with van der Waals surface area (Å²) in [6.07, 6.45) is 1.58. The Bertz CT molecular complexity index is 692. The van der Waals surface area contributed by atoms with Crippen molar-refractivity contribution in [1.29, 1.82) is 0 Å². The maximum Gasteiger partial charge on any atom is 0.265 e. The first-order chi connectivity index (χ1) is 8.94. The molecule has 0 radical (unpaired) electrons. The summed E-state index contributed by atoms with van der Waals surface area (Å²) in [6.45, 7) is 2.89. The number of rotatable bonds is 4. The number of hydrogen-bond acceptors (Lipinski definition) is 5. The van der Waals surface area contributed by atoms with Crippen molar-refractivity contribution in [2.45, 2.75) is 25.3 Å². The third-order valence-corrected chi connectivity index (χ3v) is 4.09. The molecule has 0 bridgehead atoms. The summed E-state index contributed by atoms with van der Waals surface area (Å²) in [5, 5.41) is 8.96. The molecule has 0 atom stereocenters. The van der Waals surface area contributed by atoms with Crippen LogP contribution in [0.5, 0.6) is 0 Å². The van der Waals surface area contributed by atoms with Gasteiger partial charge in [0.25, 0.3) is 10.0 Å². The Morgan fingerprint density at radius 2 is 2.16 bits per heavy atom. The monoisotopic (exact) mass is 282 g/mol. The van der Waals surface area contributed by atoms with Crippen LogP contribution in [0, 0.1) is 13.8 Å². The maximum absolute atomic E-state index is 12.2. The summed E-state index contributed by atoms with van der Waals surface area (Å²) >= 11 is 0. The number of aliphatic hydroxyl groups is 1. The Balaban J connectivity index is 2.38. The van der Waals surface area contributed by atoms with Crippen LogP contribution in [0.3, 0.4) is 0 Å². The molecule has 0 fully saturated rings. The molecule has 0 aliphatic heterocycles. The van der Waals surface area contributed by atoms with Crippen LogP contribution in [0.25, 0.3) is 0 Å². The van der Waals surface area contributed by atoms with E-state index in [4.69, 9.17) is 9.52 Å². The second kappa shape index (κ2) is 5.02. The Hall–Kier alpha value is -1.86. The molecular weight excluding hydrogens is 268 g/mol. The van der Waals surface area contributed by atoms with Gasteiger partial charge in [0.2, 0.25) is 0 Å². The van der Waals surface area contributed by atoms with Crippen molar-refractivity contribution in [2.24, 2.45) is 0 Å². The fourth-order valence-corrected chi connectivity index (χ4v) is 2.98. The molecule has 0 spiro atoms. The van der Waals surface area contributed by atoms with Crippen molar-refractivity contribution in [3.63, 3.8) is 0 Å². The number of nitrogens with one attached hydrogen (secondary N) is 1. The zero-order valence-corrected chi connectivity index (χ0v) is 11.4. The fraction of sp³-hybridized carbons (Fsp3) is 0.250. The van der Waals surface area contributed by atoms with Gasteiger partial charge >= 0.3 is 0 Å². The molecule has 19 heavy (non-hydrogen) atoms. The lowest BCUT2D eigenvalue weighted by molar-refractivity contribution is 0.245. The number of hydrogen-bond donors (Lipinski definition) is 2. The molecule has 0 unspecified atom stereocenters. The molecule has 102 valence electrons. The normalized spacial score (nSPS) is 11.5. The minimum absolute atomic E-state index is 0.0137. The van der Waals surface area contributed by atoms with Crippen molar-refractivity contribution in [3.8, 4) is 0 Å². The number of pyridine rings is 1. The standard InChI is InChI=1S/C12H14N2O4S/c1-8-11(4-3-5-13-8)14-19(16,17)12-6-10(7-15)18-9(12)2/h3-6,14-15H,7H2,1-2H3. The van der Waals surface area contributed by atoms with Gasteiger partial charge in [-0.1, -0.05) is 0 Å². The van der Waals surface area contributed by atoms with E-state index in [-0.39, 0.29) is 23.0 Å². The third kappa shape index (κ3) is 2.77. The Morgan fingerprint density at radius 3 is 2.74 bits per heavy atom. The highest BCUT2D eigenvalue weighted by molar-refractivity contribution is 7.92. The first-order valence-electron chi connectivity index (χ1n) is 5.58. The first kappa shape index (κ1) is 13.6. The van der Waals surface area contributed by atoms with Crippen molar-refractivity contribution in [2.75, 3.05) is 4.72 Å². The van der Waals surface area contributed by atoms with Crippen LogP contribution in [-0.4, -0.2) is 18.5 Å². The van der Waals surface area contributed by atoms with E-state index in [2.05, 4.69) is 9.71 Å². The Morgan fingerprint density at radius 1 is 1.42 bits per heavy atom. The van der Waals surface area contributed by atoms with Gasteiger partial charge in [-0.05, 0) is 26.0 Å². The van der Waals surface area contributed by atoms with Crippen LogP contribution < -0.4 is 4.72 Å². The second-order valence-corrected chi connectivity index (χ2v) is 5.68. The SMILES string of the molecule is Cc1ncccc1NS(=O)(=O)c1cc(CO)oc1C. The highest BCUT2D eigenvalue weighted by Gasteiger charge is 2.22. The Labute approximate surface area is 111 Å². The fourth-order valence-electron chi connectivity index (χ4n) is 1.66. The van der Waals surface area contributed by atoms with Crippen LogP contribution in [0.15, 0.2) is 33.7 Å². The van der Waals surface area contributed by atoms with E-state index < -0.39 is 10.0 Å². The molecule has 2 N–H and O–H groups in total. The molecule has 2 rings (SSSR count). The number of nitrogens with zero attached hydrogens (tertiary/aromatic N) is 1. The smallest absolute Gasteiger partial charge is 0.265 e. The van der Waals surface area contributed by atoms with Gasteiger partial charge in [0.05, 0.1) is 11.4 Å². The molecule has 0 aromatic carbocycles. The highest BCUT2D eigenvalue weighted by Crippen LogP contribution is 2.23. The van der Waals surface area contributed by atoms with Crippen molar-refractivity contribution < 1.29 is 17.9 Å². The summed E-state index contributed by atoms with van der Waals surface area (Å²) in [4.78, 5) is 4.02. The molecule has 6 nitrogen and oxygen atoms in total. The summed E-state index contributed by atoms with van der Waals surface area (Å²) in [7, 11) is -3.75. The lowest BCUT2D eigenvalue weighted by atomic mass is 10.3. The predicted octanol–water partition coefficient (Wildman–Crippen LogP) is 1.58. The van der Waals surface area contributed by atoms with E-state index in [1.807, 2.05) is 0 Å². The number of aromatic nitrogens is 1. The predicted molar refractivity (Wildman–Crippen MR) is 69.2 cm³/mol. The molecular formula is C12H14N2O4S. The van der Waals surface area contributed by atoms with Crippen LogP contribution in [0.4, 0.5) is 5.69 Å². The average Bonchev–Trinajstić information content (AvgIpc) is 2.74. The second-order valence-electron chi connectivity index (χ2n) is 4.03. The van der Waals surface area contributed by atoms with E-state index >= 15 is 0 Å². The minimum atomic E-state index is -3.75. The van der Waals surface area contributed by atoms with Gasteiger partial charge in [-0.15, -0.1) is 0 Å². The lowest BCUT2D eigenvalue weighted by Gasteiger charge is -2.08. The molecule has 2 aromatic heterocycles. The van der Waals surface area contributed by atoms with Crippen LogP contribution in [0.2, 0.25) is 0 Å². The van der Waals surface area contributed by atoms with E-state index in [0.29, 0.717) is 11.4 Å². The zero-order chi connectivity index (χ0) is 14.0. The lowest BCUT2D eigenvalue weighted by Crippen LogP contribution is -2.14. The first-order valence-corrected chi connectivity index (χ1v) is 7.07. The molecule has 7 heteroatoms. The van der Waals surface area contributed by atoms with Crippen molar-refractivity contribution >= 4 is 15.7 Å². The zero-order valence-electron chi connectivity index (χ0n) is 10.5. The summed E-state index contributed by atoms with van der Waals surface area (Å²) in [6, 6.07) is 4.58. The number of furan rings is 1. The third-order valence-electron chi connectivity index (χ3n) is 2.62. The highest BCUT2D eigenvalue weighted by atomic mass is 32.2. The topological polar surface area (TPSA) is 92.4 Å². The number of sulfonamides is 1. The van der Waals surface area contributed by atoms with Gasteiger partial charge in [0.15, 0.2) is 0 Å². The van der Waals surface area contributed by atoms with Crippen LogP contribution in [0.1, 0.15) is 17.2 Å². The van der Waals surface area contributed by atoms with E-state index in [1.54, 1.807) is 25.3 Å². The number of aliphatic hydroxyl groups excluding tert-OH is 1. The van der Waals surface area contributed by atoms with Crippen LogP contribution in [-0.2, 0) is 16.6 Å². The van der Waals surface area contributed by atoms with Gasteiger partial charge in [-0.25, -0.2) is 8.42 Å². The van der Waals surface area contributed by atoms with Gasteiger partial charge in [-0.2, -0.15) is 0 Å². The summed E-state index contributed by atoms with van der Waals surface area (Å²) < 4.78 is 32.0. The molecule has 0 aliphatic carbocycles. The molecule has 0 saturated heterocycles. The van der Waals surface area contributed by atoms with E-state index in [1.165, 1.54) is 13.0 Å². The maximum atomic E-state index is 12.2. The van der Waals surface area contributed by atoms with Gasteiger partial charge in [0, 0.05) is 12.3 Å². The van der Waals surface area contributed by atoms with Gasteiger partial charge < -0.3 is 9.52 Å². The molecule has 2 heterocycles. The van der Waals surface area contributed by atoms with Gasteiger partial charge in [-0.3, -0.25) is 9.71 Å². The quantitative estimate of drug-likeness (QED) is 0.888. The molecule has 0 aliphatic rings.